The summed E-state index contributed by atoms with van der Waals surface area (Å²) in [6.07, 6.45) is 4.43. The fourth-order valence-corrected chi connectivity index (χ4v) is 4.29. The predicted octanol–water partition coefficient (Wildman–Crippen LogP) is 2.34. The van der Waals surface area contributed by atoms with Gasteiger partial charge in [0, 0.05) is 56.8 Å². The third kappa shape index (κ3) is 6.28. The first kappa shape index (κ1) is 26.0. The molecule has 34 heavy (non-hydrogen) atoms. The number of ether oxygens (including phenoxy) is 2. The molecule has 0 radical (unpaired) electrons. The summed E-state index contributed by atoms with van der Waals surface area (Å²) < 4.78 is 11.7. The van der Waals surface area contributed by atoms with Crippen LogP contribution >= 0.6 is 0 Å². The molecule has 0 aromatic carbocycles. The number of hydrogen-bond acceptors (Lipinski definition) is 6. The van der Waals surface area contributed by atoms with Crippen LogP contribution in [0.5, 0.6) is 5.88 Å². The van der Waals surface area contributed by atoms with Crippen LogP contribution in [0.15, 0.2) is 12.3 Å². The van der Waals surface area contributed by atoms with Gasteiger partial charge in [0.25, 0.3) is 5.91 Å². The first-order valence-electron chi connectivity index (χ1n) is 12.3. The van der Waals surface area contributed by atoms with Crippen LogP contribution in [0.3, 0.4) is 0 Å². The maximum atomic E-state index is 13.4. The zero-order valence-electron chi connectivity index (χ0n) is 20.7. The van der Waals surface area contributed by atoms with Crippen LogP contribution in [-0.4, -0.2) is 83.8 Å². The molecular weight excluding hydrogens is 434 g/mol. The Labute approximate surface area is 202 Å². The smallest absolute Gasteiger partial charge is 0.259 e. The normalized spacial score (nSPS) is 21.9. The molecule has 0 spiro atoms. The van der Waals surface area contributed by atoms with Gasteiger partial charge in [0.2, 0.25) is 11.8 Å². The molecule has 1 N–H and O–H groups in total. The van der Waals surface area contributed by atoms with Gasteiger partial charge in [-0.3, -0.25) is 9.59 Å². The summed E-state index contributed by atoms with van der Waals surface area (Å²) in [6, 6.07) is 1.35. The van der Waals surface area contributed by atoms with Crippen molar-refractivity contribution in [3.8, 4) is 17.7 Å². The molecule has 0 bridgehead atoms. The first-order valence-corrected chi connectivity index (χ1v) is 12.3. The van der Waals surface area contributed by atoms with Crippen molar-refractivity contribution in [2.75, 3.05) is 40.0 Å². The van der Waals surface area contributed by atoms with Gasteiger partial charge in [-0.2, -0.15) is 0 Å². The molecule has 1 saturated heterocycles. The monoisotopic (exact) mass is 471 g/mol. The second-order valence-corrected chi connectivity index (χ2v) is 9.36. The van der Waals surface area contributed by atoms with Crippen LogP contribution in [0.25, 0.3) is 0 Å². The molecule has 1 fully saturated rings. The summed E-state index contributed by atoms with van der Waals surface area (Å²) in [4.78, 5) is 34.3. The minimum Gasteiger partial charge on any atom is -0.472 e. The van der Waals surface area contributed by atoms with Crippen LogP contribution in [0, 0.1) is 23.7 Å². The number of carbonyl (C=O) groups is 2. The quantitative estimate of drug-likeness (QED) is 0.641. The Morgan fingerprint density at radius 3 is 2.79 bits per heavy atom. The van der Waals surface area contributed by atoms with Gasteiger partial charge in [-0.05, 0) is 32.3 Å². The van der Waals surface area contributed by atoms with E-state index in [1.165, 1.54) is 0 Å². The number of unbranched alkanes of at least 4 members (excludes halogenated alkanes) is 1. The molecule has 1 aromatic rings. The minimum atomic E-state index is -0.363. The van der Waals surface area contributed by atoms with Crippen LogP contribution in [-0.2, 0) is 9.53 Å². The standard InChI is InChI=1S/C26H37N3O5/c1-5-6-7-8-20-13-22-24(27-14-20)34-23(18(2)15-29(26(22)32)19(3)17-30)16-28(4)25(31)21-9-11-33-12-10-21/h13-14,18-19,21,23,30H,5-6,9-12,15-17H2,1-4H3/t18-,19+,23+/m0/s1. The van der Waals surface area contributed by atoms with Gasteiger partial charge in [-0.1, -0.05) is 25.7 Å². The fourth-order valence-electron chi connectivity index (χ4n) is 4.29. The number of aromatic nitrogens is 1. The van der Waals surface area contributed by atoms with E-state index in [0.717, 1.165) is 25.7 Å². The average molecular weight is 472 g/mol. The van der Waals surface area contributed by atoms with Crippen LogP contribution in [0.2, 0.25) is 0 Å². The summed E-state index contributed by atoms with van der Waals surface area (Å²) >= 11 is 0. The second kappa shape index (κ2) is 12.2. The molecule has 8 nitrogen and oxygen atoms in total. The van der Waals surface area contributed by atoms with Crippen molar-refractivity contribution in [2.24, 2.45) is 11.8 Å². The fraction of sp³-hybridized carbons (Fsp3) is 0.654. The molecular formula is C26H37N3O5. The van der Waals surface area contributed by atoms with Crippen molar-refractivity contribution in [3.63, 3.8) is 0 Å². The molecule has 2 amide bonds. The van der Waals surface area contributed by atoms with Crippen molar-refractivity contribution in [1.29, 1.82) is 0 Å². The highest BCUT2D eigenvalue weighted by molar-refractivity contribution is 5.97. The third-order valence-electron chi connectivity index (χ3n) is 6.53. The number of nitrogens with zero attached hydrogens (tertiary/aromatic N) is 3. The second-order valence-electron chi connectivity index (χ2n) is 9.36. The average Bonchev–Trinajstić information content (AvgIpc) is 2.86. The summed E-state index contributed by atoms with van der Waals surface area (Å²) in [6.45, 7) is 7.73. The Balaban J connectivity index is 1.88. The molecule has 1 aromatic heterocycles. The van der Waals surface area contributed by atoms with E-state index in [0.29, 0.717) is 37.4 Å². The maximum Gasteiger partial charge on any atom is 0.259 e. The molecule has 186 valence electrons. The lowest BCUT2D eigenvalue weighted by molar-refractivity contribution is -0.138. The van der Waals surface area contributed by atoms with E-state index >= 15 is 0 Å². The van der Waals surface area contributed by atoms with Gasteiger partial charge >= 0.3 is 0 Å². The molecule has 0 aliphatic carbocycles. The van der Waals surface area contributed by atoms with Crippen molar-refractivity contribution < 1.29 is 24.2 Å². The number of hydrogen-bond donors (Lipinski definition) is 1. The molecule has 0 unspecified atom stereocenters. The van der Waals surface area contributed by atoms with Gasteiger partial charge < -0.3 is 24.4 Å². The number of fused-ring (bicyclic) bond motifs is 1. The van der Waals surface area contributed by atoms with Gasteiger partial charge in [-0.25, -0.2) is 4.98 Å². The van der Waals surface area contributed by atoms with Crippen LogP contribution in [0.4, 0.5) is 0 Å². The van der Waals surface area contributed by atoms with Crippen molar-refractivity contribution in [2.45, 2.75) is 58.6 Å². The van der Waals surface area contributed by atoms with Crippen molar-refractivity contribution in [1.82, 2.24) is 14.8 Å². The lowest BCUT2D eigenvalue weighted by atomic mass is 9.97. The Morgan fingerprint density at radius 2 is 2.12 bits per heavy atom. The summed E-state index contributed by atoms with van der Waals surface area (Å²) in [5, 5.41) is 9.80. The van der Waals surface area contributed by atoms with E-state index in [1.807, 2.05) is 13.8 Å². The van der Waals surface area contributed by atoms with Gasteiger partial charge in [0.05, 0.1) is 19.2 Å². The number of aliphatic hydroxyl groups excluding tert-OH is 1. The molecule has 3 atom stereocenters. The van der Waals surface area contributed by atoms with E-state index in [4.69, 9.17) is 9.47 Å². The number of likely N-dealkylation sites (N-methyl/N-ethyl adjacent to an activating group) is 1. The van der Waals surface area contributed by atoms with E-state index in [1.54, 1.807) is 29.1 Å². The largest absolute Gasteiger partial charge is 0.472 e. The lowest BCUT2D eigenvalue weighted by Crippen LogP contribution is -2.51. The minimum absolute atomic E-state index is 0.0373. The highest BCUT2D eigenvalue weighted by atomic mass is 16.5. The zero-order chi connectivity index (χ0) is 24.7. The Bertz CT molecular complexity index is 919. The van der Waals surface area contributed by atoms with E-state index in [2.05, 4.69) is 23.7 Å². The topological polar surface area (TPSA) is 92.2 Å². The predicted molar refractivity (Wildman–Crippen MR) is 128 cm³/mol. The van der Waals surface area contributed by atoms with Crippen molar-refractivity contribution in [3.05, 3.63) is 23.4 Å². The maximum absolute atomic E-state index is 13.4. The van der Waals surface area contributed by atoms with Crippen LogP contribution in [0.1, 0.15) is 62.4 Å². The van der Waals surface area contributed by atoms with Gasteiger partial charge in [0.15, 0.2) is 0 Å². The van der Waals surface area contributed by atoms with Crippen molar-refractivity contribution >= 4 is 11.8 Å². The van der Waals surface area contributed by atoms with Crippen LogP contribution < -0.4 is 4.74 Å². The first-order chi connectivity index (χ1) is 16.3. The molecule has 0 saturated carbocycles. The number of amides is 2. The number of rotatable bonds is 6. The highest BCUT2D eigenvalue weighted by Gasteiger charge is 2.35. The number of pyridine rings is 1. The zero-order valence-corrected chi connectivity index (χ0v) is 20.7. The summed E-state index contributed by atoms with van der Waals surface area (Å²) in [5.74, 6) is 6.12. The molecule has 8 heteroatoms. The molecule has 2 aliphatic rings. The number of aliphatic hydroxyl groups is 1. The Kier molecular flexibility index (Phi) is 9.31. The Morgan fingerprint density at radius 1 is 1.38 bits per heavy atom. The van der Waals surface area contributed by atoms with Gasteiger partial charge in [-0.15, -0.1) is 0 Å². The Hall–Kier alpha value is -2.63. The highest BCUT2D eigenvalue weighted by Crippen LogP contribution is 2.28. The summed E-state index contributed by atoms with van der Waals surface area (Å²) in [7, 11) is 1.80. The number of carbonyl (C=O) groups excluding carboxylic acids is 2. The summed E-state index contributed by atoms with van der Waals surface area (Å²) in [5.41, 5.74) is 0.983. The van der Waals surface area contributed by atoms with E-state index < -0.39 is 0 Å². The van der Waals surface area contributed by atoms with E-state index in [-0.39, 0.29) is 48.3 Å². The third-order valence-corrected chi connectivity index (χ3v) is 6.53. The van der Waals surface area contributed by atoms with Gasteiger partial charge in [0.1, 0.15) is 11.7 Å². The van der Waals surface area contributed by atoms with E-state index in [9.17, 15) is 14.7 Å². The SMILES string of the molecule is CCCC#Cc1cnc2c(c1)C(=O)N([C@H](C)CO)C[C@H](C)[C@@H](CN(C)C(=O)C1CCOCC1)O2. The molecule has 3 rings (SSSR count). The molecule has 3 heterocycles. The molecule has 2 aliphatic heterocycles. The lowest BCUT2D eigenvalue weighted by Gasteiger charge is -2.38.